The van der Waals surface area contributed by atoms with E-state index in [4.69, 9.17) is 4.42 Å². The van der Waals surface area contributed by atoms with Crippen molar-refractivity contribution in [3.05, 3.63) is 139 Å². The molecule has 0 amide bonds. The van der Waals surface area contributed by atoms with Gasteiger partial charge in [0.25, 0.3) is 0 Å². The molecule has 2 heteroatoms. The molecule has 2 aromatic heterocycles. The van der Waals surface area contributed by atoms with Gasteiger partial charge >= 0.3 is 0 Å². The number of fused-ring (bicyclic) bond motifs is 13. The molecule has 45 heavy (non-hydrogen) atoms. The van der Waals surface area contributed by atoms with Crippen molar-refractivity contribution in [2.75, 3.05) is 0 Å². The molecule has 2 nitrogen and oxygen atoms in total. The first-order valence-electron chi connectivity index (χ1n) is 15.8. The van der Waals surface area contributed by atoms with E-state index in [-0.39, 0.29) is 5.41 Å². The Kier molecular flexibility index (Phi) is 4.19. The topological polar surface area (TPSA) is 18.1 Å². The van der Waals surface area contributed by atoms with Gasteiger partial charge in [-0.05, 0) is 80.7 Å². The van der Waals surface area contributed by atoms with Gasteiger partial charge in [0.05, 0.1) is 16.7 Å². The minimum atomic E-state index is -0.0665. The maximum absolute atomic E-state index is 6.56. The number of para-hydroxylation sites is 2. The molecule has 2 aliphatic carbocycles. The zero-order valence-corrected chi connectivity index (χ0v) is 25.0. The highest BCUT2D eigenvalue weighted by Crippen LogP contribution is 2.54. The maximum Gasteiger partial charge on any atom is 0.143 e. The number of rotatable bonds is 1. The Labute approximate surface area is 259 Å². The Morgan fingerprint density at radius 2 is 1.24 bits per heavy atom. The molecule has 2 aliphatic rings. The molecule has 9 aromatic rings. The molecule has 2 heterocycles. The van der Waals surface area contributed by atoms with Gasteiger partial charge in [-0.1, -0.05) is 105 Å². The minimum absolute atomic E-state index is 0.0665. The van der Waals surface area contributed by atoms with Gasteiger partial charge in [-0.25, -0.2) is 0 Å². The second kappa shape index (κ2) is 7.91. The first kappa shape index (κ1) is 23.8. The van der Waals surface area contributed by atoms with Crippen LogP contribution in [0.25, 0.3) is 93.6 Å². The number of aromatic nitrogens is 1. The molecule has 7 aromatic carbocycles. The van der Waals surface area contributed by atoms with Gasteiger partial charge in [0.1, 0.15) is 11.2 Å². The number of furan rings is 1. The maximum atomic E-state index is 6.56. The van der Waals surface area contributed by atoms with E-state index < -0.39 is 0 Å². The SMILES string of the molecule is CC1(C)c2ccccc2-c2cc3c4ccccc4n(-c4ccc5c6c(cccc46)-c4ccc6c(oc7ccccc76)c4-5)c3cc21. The van der Waals surface area contributed by atoms with Crippen LogP contribution < -0.4 is 0 Å². The molecule has 0 fully saturated rings. The summed E-state index contributed by atoms with van der Waals surface area (Å²) >= 11 is 0. The molecular formula is C43H27NO. The molecule has 0 aliphatic heterocycles. The lowest BCUT2D eigenvalue weighted by molar-refractivity contribution is 0.661. The van der Waals surface area contributed by atoms with Crippen LogP contribution in [0.2, 0.25) is 0 Å². The third-order valence-corrected chi connectivity index (χ3v) is 10.7. The lowest BCUT2D eigenvalue weighted by atomic mass is 9.82. The highest BCUT2D eigenvalue weighted by atomic mass is 16.3. The van der Waals surface area contributed by atoms with Crippen molar-refractivity contribution in [3.8, 4) is 39.1 Å². The van der Waals surface area contributed by atoms with E-state index in [1.165, 1.54) is 93.5 Å². The summed E-state index contributed by atoms with van der Waals surface area (Å²) in [5.74, 6) is 0. The van der Waals surface area contributed by atoms with Crippen molar-refractivity contribution >= 4 is 54.5 Å². The fourth-order valence-corrected chi connectivity index (χ4v) is 8.72. The molecule has 0 N–H and O–H groups in total. The molecular weight excluding hydrogens is 546 g/mol. The number of nitrogens with zero attached hydrogens (tertiary/aromatic N) is 1. The highest BCUT2D eigenvalue weighted by Gasteiger charge is 2.36. The quantitative estimate of drug-likeness (QED) is 0.191. The number of hydrogen-bond acceptors (Lipinski definition) is 1. The van der Waals surface area contributed by atoms with Crippen molar-refractivity contribution in [1.82, 2.24) is 4.57 Å². The minimum Gasteiger partial charge on any atom is -0.455 e. The fourth-order valence-electron chi connectivity index (χ4n) is 8.72. The summed E-state index contributed by atoms with van der Waals surface area (Å²) in [6.07, 6.45) is 0. The van der Waals surface area contributed by atoms with E-state index in [1.807, 2.05) is 6.07 Å². The van der Waals surface area contributed by atoms with Gasteiger partial charge in [0.2, 0.25) is 0 Å². The molecule has 210 valence electrons. The predicted octanol–water partition coefficient (Wildman–Crippen LogP) is 11.8. The summed E-state index contributed by atoms with van der Waals surface area (Å²) in [7, 11) is 0. The van der Waals surface area contributed by atoms with E-state index in [2.05, 4.69) is 140 Å². The summed E-state index contributed by atoms with van der Waals surface area (Å²) in [6.45, 7) is 4.73. The van der Waals surface area contributed by atoms with Crippen molar-refractivity contribution in [1.29, 1.82) is 0 Å². The Bertz CT molecular complexity index is 2790. The van der Waals surface area contributed by atoms with Gasteiger partial charge in [-0.3, -0.25) is 0 Å². The van der Waals surface area contributed by atoms with Gasteiger partial charge in [-0.2, -0.15) is 0 Å². The predicted molar refractivity (Wildman–Crippen MR) is 188 cm³/mol. The highest BCUT2D eigenvalue weighted by molar-refractivity contribution is 6.24. The summed E-state index contributed by atoms with van der Waals surface area (Å²) in [5, 5.41) is 7.49. The molecule has 11 rings (SSSR count). The van der Waals surface area contributed by atoms with E-state index >= 15 is 0 Å². The van der Waals surface area contributed by atoms with Crippen molar-refractivity contribution in [3.63, 3.8) is 0 Å². The van der Waals surface area contributed by atoms with Crippen molar-refractivity contribution in [2.45, 2.75) is 19.3 Å². The normalized spacial score (nSPS) is 14.2. The third-order valence-electron chi connectivity index (χ3n) is 10.7. The van der Waals surface area contributed by atoms with Gasteiger partial charge in [0.15, 0.2) is 0 Å². The van der Waals surface area contributed by atoms with Crippen LogP contribution in [-0.4, -0.2) is 4.57 Å². The zero-order chi connectivity index (χ0) is 29.6. The van der Waals surface area contributed by atoms with Crippen LogP contribution in [0.4, 0.5) is 0 Å². The van der Waals surface area contributed by atoms with E-state index in [1.54, 1.807) is 0 Å². The number of hydrogen-bond donors (Lipinski definition) is 0. The average molecular weight is 574 g/mol. The Balaban J connectivity index is 1.23. The second-order valence-electron chi connectivity index (χ2n) is 13.3. The molecule has 0 bridgehead atoms. The first-order chi connectivity index (χ1) is 22.1. The van der Waals surface area contributed by atoms with Gasteiger partial charge < -0.3 is 8.98 Å². The standard InChI is InChI=1S/C43H27NO/c1-43(2)34-15-6-3-10-24(34)32-22-33-25-11-4-7-16-36(25)44(38(33)23-35(32)43)37-21-20-31-40-27(13-9-14-30(37)40)28-18-19-29-26-12-5-8-17-39(26)45-42(29)41(28)31/h3-23H,1-2H3. The summed E-state index contributed by atoms with van der Waals surface area (Å²) in [6, 6.07) is 47.1. The molecule has 0 atom stereocenters. The molecule has 0 saturated heterocycles. The molecule has 0 saturated carbocycles. The van der Waals surface area contributed by atoms with Crippen LogP contribution in [0.15, 0.2) is 132 Å². The Morgan fingerprint density at radius 1 is 0.489 bits per heavy atom. The first-order valence-corrected chi connectivity index (χ1v) is 15.8. The Hall–Kier alpha value is -5.60. The lowest BCUT2D eigenvalue weighted by Gasteiger charge is -2.22. The zero-order valence-electron chi connectivity index (χ0n) is 25.0. The monoisotopic (exact) mass is 573 g/mol. The van der Waals surface area contributed by atoms with Crippen LogP contribution >= 0.6 is 0 Å². The third kappa shape index (κ3) is 2.78. The summed E-state index contributed by atoms with van der Waals surface area (Å²) in [4.78, 5) is 0. The molecule has 0 radical (unpaired) electrons. The lowest BCUT2D eigenvalue weighted by Crippen LogP contribution is -2.15. The fraction of sp³-hybridized carbons (Fsp3) is 0.0698. The Morgan fingerprint density at radius 3 is 2.18 bits per heavy atom. The average Bonchev–Trinajstić information content (AvgIpc) is 3.78. The summed E-state index contributed by atoms with van der Waals surface area (Å²) < 4.78 is 9.07. The van der Waals surface area contributed by atoms with Crippen LogP contribution in [0, 0.1) is 0 Å². The number of benzene rings is 7. The van der Waals surface area contributed by atoms with Gasteiger partial charge in [-0.15, -0.1) is 0 Å². The molecule has 0 spiro atoms. The van der Waals surface area contributed by atoms with E-state index in [0.717, 1.165) is 11.2 Å². The van der Waals surface area contributed by atoms with Crippen molar-refractivity contribution in [2.24, 2.45) is 0 Å². The van der Waals surface area contributed by atoms with E-state index in [9.17, 15) is 0 Å². The molecule has 0 unspecified atom stereocenters. The van der Waals surface area contributed by atoms with Crippen LogP contribution in [-0.2, 0) is 5.41 Å². The van der Waals surface area contributed by atoms with Crippen molar-refractivity contribution < 1.29 is 4.42 Å². The van der Waals surface area contributed by atoms with E-state index in [0.29, 0.717) is 0 Å². The van der Waals surface area contributed by atoms with Crippen LogP contribution in [0.3, 0.4) is 0 Å². The van der Waals surface area contributed by atoms with Gasteiger partial charge in [0, 0.05) is 37.9 Å². The largest absolute Gasteiger partial charge is 0.455 e. The summed E-state index contributed by atoms with van der Waals surface area (Å²) in [5.41, 5.74) is 16.1. The second-order valence-corrected chi connectivity index (χ2v) is 13.3. The smallest absolute Gasteiger partial charge is 0.143 e. The van der Waals surface area contributed by atoms with Crippen LogP contribution in [0.5, 0.6) is 0 Å². The van der Waals surface area contributed by atoms with Crippen LogP contribution in [0.1, 0.15) is 25.0 Å².